The number of aromatic nitrogens is 1. The number of rotatable bonds is 3. The minimum atomic E-state index is -0.429. The molecule has 2 aromatic rings. The van der Waals surface area contributed by atoms with Gasteiger partial charge in [0.2, 0.25) is 0 Å². The van der Waals surface area contributed by atoms with E-state index in [4.69, 9.17) is 16.3 Å². The van der Waals surface area contributed by atoms with Crippen molar-refractivity contribution in [3.63, 3.8) is 0 Å². The molecule has 0 aliphatic carbocycles. The fraction of sp³-hybridized carbons (Fsp3) is 0.222. The third kappa shape index (κ3) is 2.89. The Labute approximate surface area is 150 Å². The molecule has 130 valence electrons. The fourth-order valence-corrected chi connectivity index (χ4v) is 3.09. The summed E-state index contributed by atoms with van der Waals surface area (Å²) in [4.78, 5) is 24.7. The van der Waals surface area contributed by atoms with Crippen LogP contribution in [-0.4, -0.2) is 35.6 Å². The Morgan fingerprint density at radius 2 is 1.92 bits per heavy atom. The van der Waals surface area contributed by atoms with Crippen molar-refractivity contribution in [1.82, 2.24) is 14.8 Å². The highest BCUT2D eigenvalue weighted by atomic mass is 35.5. The first-order valence-electron chi connectivity index (χ1n) is 7.67. The number of hydrogen-bond donors (Lipinski definition) is 1. The highest BCUT2D eigenvalue weighted by molar-refractivity contribution is 6.30. The van der Waals surface area contributed by atoms with Crippen molar-refractivity contribution >= 4 is 29.6 Å². The molecule has 7 heteroatoms. The molecule has 0 unspecified atom stereocenters. The summed E-state index contributed by atoms with van der Waals surface area (Å²) in [6, 6.07) is 6.92. The molecule has 1 aromatic carbocycles. The van der Waals surface area contributed by atoms with Gasteiger partial charge in [0.15, 0.2) is 0 Å². The van der Waals surface area contributed by atoms with Gasteiger partial charge in [-0.2, -0.15) is 0 Å². The number of halogens is 1. The van der Waals surface area contributed by atoms with Gasteiger partial charge in [0.1, 0.15) is 11.4 Å². The minimum Gasteiger partial charge on any atom is -0.495 e. The highest BCUT2D eigenvalue weighted by Gasteiger charge is 2.30. The predicted molar refractivity (Wildman–Crippen MR) is 96.1 cm³/mol. The fourth-order valence-electron chi connectivity index (χ4n) is 2.92. The molecule has 25 heavy (non-hydrogen) atoms. The minimum absolute atomic E-state index is 0.255. The molecule has 0 spiro atoms. The van der Waals surface area contributed by atoms with E-state index >= 15 is 0 Å². The Balaban J connectivity index is 2.11. The van der Waals surface area contributed by atoms with Crippen molar-refractivity contribution in [3.8, 4) is 11.4 Å². The number of hydrogen-bond acceptors (Lipinski definition) is 3. The first-order chi connectivity index (χ1) is 11.8. The SMILES string of the molecule is COc1ccc(Cl)cc1-n1c(C)cc(/C=C2/NC(=O)N(C)C2=O)c1C. The number of urea groups is 1. The zero-order chi connectivity index (χ0) is 18.3. The van der Waals surface area contributed by atoms with E-state index in [1.165, 1.54) is 7.05 Å². The quantitative estimate of drug-likeness (QED) is 0.675. The number of carbonyl (C=O) groups is 2. The van der Waals surface area contributed by atoms with Gasteiger partial charge in [0.05, 0.1) is 12.8 Å². The number of carbonyl (C=O) groups excluding carboxylic acids is 2. The number of nitrogens with one attached hydrogen (secondary N) is 1. The van der Waals surface area contributed by atoms with Crippen LogP contribution in [-0.2, 0) is 4.79 Å². The average Bonchev–Trinajstić information content (AvgIpc) is 2.98. The van der Waals surface area contributed by atoms with E-state index in [1.807, 2.05) is 36.6 Å². The number of methoxy groups -OCH3 is 1. The van der Waals surface area contributed by atoms with E-state index < -0.39 is 6.03 Å². The maximum atomic E-state index is 12.1. The van der Waals surface area contributed by atoms with Crippen LogP contribution in [0, 0.1) is 13.8 Å². The van der Waals surface area contributed by atoms with Gasteiger partial charge in [-0.3, -0.25) is 9.69 Å². The first kappa shape index (κ1) is 17.1. The van der Waals surface area contributed by atoms with Crippen LogP contribution < -0.4 is 10.1 Å². The van der Waals surface area contributed by atoms with Crippen molar-refractivity contribution in [2.75, 3.05) is 14.2 Å². The number of likely N-dealkylation sites (N-methyl/N-ethyl adjacent to an activating group) is 1. The predicted octanol–water partition coefficient (Wildman–Crippen LogP) is 3.28. The first-order valence-corrected chi connectivity index (χ1v) is 8.05. The normalized spacial score (nSPS) is 15.9. The summed E-state index contributed by atoms with van der Waals surface area (Å²) >= 11 is 6.15. The number of nitrogens with zero attached hydrogens (tertiary/aromatic N) is 2. The van der Waals surface area contributed by atoms with Crippen LogP contribution in [0.25, 0.3) is 11.8 Å². The van der Waals surface area contributed by atoms with Gasteiger partial charge >= 0.3 is 6.03 Å². The van der Waals surface area contributed by atoms with E-state index in [-0.39, 0.29) is 11.6 Å². The molecule has 0 radical (unpaired) electrons. The molecule has 1 aliphatic rings. The summed E-state index contributed by atoms with van der Waals surface area (Å²) in [5.74, 6) is 0.338. The largest absolute Gasteiger partial charge is 0.495 e. The summed E-state index contributed by atoms with van der Waals surface area (Å²) in [7, 11) is 3.05. The second-order valence-electron chi connectivity index (χ2n) is 5.83. The smallest absolute Gasteiger partial charge is 0.328 e. The lowest BCUT2D eigenvalue weighted by molar-refractivity contribution is -0.121. The van der Waals surface area contributed by atoms with Crippen LogP contribution in [0.15, 0.2) is 30.0 Å². The molecule has 2 heterocycles. The maximum absolute atomic E-state index is 12.1. The van der Waals surface area contributed by atoms with E-state index in [9.17, 15) is 9.59 Å². The van der Waals surface area contributed by atoms with Crippen LogP contribution in [0.2, 0.25) is 5.02 Å². The molecule has 3 rings (SSSR count). The van der Waals surface area contributed by atoms with Crippen molar-refractivity contribution in [2.45, 2.75) is 13.8 Å². The number of benzene rings is 1. The Hall–Kier alpha value is -2.73. The van der Waals surface area contributed by atoms with Gasteiger partial charge < -0.3 is 14.6 Å². The number of ether oxygens (including phenoxy) is 1. The number of amides is 3. The van der Waals surface area contributed by atoms with E-state index in [2.05, 4.69) is 5.32 Å². The third-order valence-electron chi connectivity index (χ3n) is 4.23. The zero-order valence-corrected chi connectivity index (χ0v) is 15.1. The van der Waals surface area contributed by atoms with Crippen molar-refractivity contribution in [1.29, 1.82) is 0 Å². The monoisotopic (exact) mass is 359 g/mol. The van der Waals surface area contributed by atoms with Gasteiger partial charge in [0.25, 0.3) is 5.91 Å². The summed E-state index contributed by atoms with van der Waals surface area (Å²) in [5, 5.41) is 3.17. The summed E-state index contributed by atoms with van der Waals surface area (Å²) in [5.41, 5.74) is 3.76. The molecule has 1 aromatic heterocycles. The van der Waals surface area contributed by atoms with E-state index in [0.717, 1.165) is 27.5 Å². The molecule has 6 nitrogen and oxygen atoms in total. The van der Waals surface area contributed by atoms with E-state index in [0.29, 0.717) is 10.8 Å². The molecule has 1 saturated heterocycles. The maximum Gasteiger partial charge on any atom is 0.328 e. The van der Waals surface area contributed by atoms with Crippen LogP contribution >= 0.6 is 11.6 Å². The van der Waals surface area contributed by atoms with Gasteiger partial charge in [-0.1, -0.05) is 11.6 Å². The lowest BCUT2D eigenvalue weighted by atomic mass is 10.2. The molecule has 1 N–H and O–H groups in total. The van der Waals surface area contributed by atoms with Gasteiger partial charge in [0, 0.05) is 23.5 Å². The molecule has 0 saturated carbocycles. The Morgan fingerprint density at radius 1 is 1.20 bits per heavy atom. The highest BCUT2D eigenvalue weighted by Crippen LogP contribution is 2.31. The lowest BCUT2D eigenvalue weighted by Gasteiger charge is -2.14. The van der Waals surface area contributed by atoms with Crippen molar-refractivity contribution in [2.24, 2.45) is 0 Å². The summed E-state index contributed by atoms with van der Waals surface area (Å²) < 4.78 is 7.44. The standard InChI is InChI=1S/C18H18ClN3O3/c1-10-7-12(8-14-17(23)21(3)18(24)20-14)11(2)22(10)15-9-13(19)5-6-16(15)25-4/h5-9H,1-4H3,(H,20,24)/b14-8+. The molecule has 0 bridgehead atoms. The molecule has 0 atom stereocenters. The molecular weight excluding hydrogens is 342 g/mol. The molecule has 3 amide bonds. The molecule has 1 fully saturated rings. The van der Waals surface area contributed by atoms with Crippen LogP contribution in [0.5, 0.6) is 5.75 Å². The van der Waals surface area contributed by atoms with Crippen LogP contribution in [0.4, 0.5) is 4.79 Å². The molecule has 1 aliphatic heterocycles. The second-order valence-corrected chi connectivity index (χ2v) is 6.27. The summed E-state index contributed by atoms with van der Waals surface area (Å²) in [6.07, 6.45) is 1.68. The van der Waals surface area contributed by atoms with Gasteiger partial charge in [-0.15, -0.1) is 0 Å². The van der Waals surface area contributed by atoms with E-state index in [1.54, 1.807) is 19.3 Å². The summed E-state index contributed by atoms with van der Waals surface area (Å²) in [6.45, 7) is 3.89. The van der Waals surface area contributed by atoms with Crippen molar-refractivity contribution < 1.29 is 14.3 Å². The van der Waals surface area contributed by atoms with Crippen LogP contribution in [0.1, 0.15) is 17.0 Å². The lowest BCUT2D eigenvalue weighted by Crippen LogP contribution is -2.25. The topological polar surface area (TPSA) is 63.6 Å². The van der Waals surface area contributed by atoms with Crippen LogP contribution in [0.3, 0.4) is 0 Å². The molecular formula is C18H18ClN3O3. The third-order valence-corrected chi connectivity index (χ3v) is 4.47. The Kier molecular flexibility index (Phi) is 4.30. The zero-order valence-electron chi connectivity index (χ0n) is 14.4. The van der Waals surface area contributed by atoms with Crippen molar-refractivity contribution in [3.05, 3.63) is 51.9 Å². The number of aryl methyl sites for hydroxylation is 1. The Bertz CT molecular complexity index is 915. The number of imide groups is 1. The van der Waals surface area contributed by atoms with Gasteiger partial charge in [-0.05, 0) is 49.8 Å². The average molecular weight is 360 g/mol. The second kappa shape index (κ2) is 6.29. The Morgan fingerprint density at radius 3 is 2.52 bits per heavy atom. The van der Waals surface area contributed by atoms with Gasteiger partial charge in [-0.25, -0.2) is 4.79 Å².